The summed E-state index contributed by atoms with van der Waals surface area (Å²) in [5.41, 5.74) is 0.835. The lowest BCUT2D eigenvalue weighted by atomic mass is 10.2. The van der Waals surface area contributed by atoms with Gasteiger partial charge in [-0.15, -0.1) is 0 Å². The van der Waals surface area contributed by atoms with Gasteiger partial charge in [0.15, 0.2) is 6.10 Å². The number of hydrogen-bond acceptors (Lipinski definition) is 3. The minimum Gasteiger partial charge on any atom is -0.474 e. The molecule has 0 amide bonds. The van der Waals surface area contributed by atoms with E-state index >= 15 is 0 Å². The normalized spacial score (nSPS) is 11.9. The van der Waals surface area contributed by atoms with Crippen molar-refractivity contribution in [3.63, 3.8) is 0 Å². The fourth-order valence-corrected chi connectivity index (χ4v) is 1.85. The van der Waals surface area contributed by atoms with Crippen LogP contribution in [0.25, 0.3) is 0 Å². The molecule has 0 aromatic heterocycles. The summed E-state index contributed by atoms with van der Waals surface area (Å²) in [6.45, 7) is 2.24. The molecule has 0 fully saturated rings. The van der Waals surface area contributed by atoms with Crippen LogP contribution in [0.3, 0.4) is 0 Å². The van der Waals surface area contributed by atoms with E-state index < -0.39 is 6.10 Å². The molecule has 1 unspecified atom stereocenters. The highest BCUT2D eigenvalue weighted by molar-refractivity contribution is 6.35. The molecule has 0 aliphatic heterocycles. The minimum atomic E-state index is -0.547. The quantitative estimate of drug-likeness (QED) is 0.903. The van der Waals surface area contributed by atoms with Crippen LogP contribution in [0.4, 0.5) is 0 Å². The lowest BCUT2D eigenvalue weighted by Crippen LogP contribution is -2.13. The van der Waals surface area contributed by atoms with Crippen LogP contribution in [0.2, 0.25) is 10.0 Å². The van der Waals surface area contributed by atoms with Gasteiger partial charge in [0.25, 0.3) is 0 Å². The Bertz CT molecular complexity index is 415. The number of nitriles is 1. The summed E-state index contributed by atoms with van der Waals surface area (Å²) >= 11 is 11.9. The summed E-state index contributed by atoms with van der Waals surface area (Å²) in [6, 6.07) is 5.36. The van der Waals surface area contributed by atoms with Gasteiger partial charge in [-0.3, -0.25) is 0 Å². The number of benzene rings is 1. The fraction of sp³-hybridized carbons (Fsp3) is 0.364. The van der Waals surface area contributed by atoms with Gasteiger partial charge in [-0.05, 0) is 26.1 Å². The Morgan fingerprint density at radius 1 is 1.50 bits per heavy atom. The van der Waals surface area contributed by atoms with Gasteiger partial charge in [0, 0.05) is 17.1 Å². The fourth-order valence-electron chi connectivity index (χ4n) is 1.27. The lowest BCUT2D eigenvalue weighted by molar-refractivity contribution is 0.273. The van der Waals surface area contributed by atoms with E-state index in [1.54, 1.807) is 19.1 Å². The highest BCUT2D eigenvalue weighted by Crippen LogP contribution is 2.33. The van der Waals surface area contributed by atoms with Crippen molar-refractivity contribution >= 4 is 23.2 Å². The number of nitrogens with one attached hydrogen (secondary N) is 1. The third-order valence-electron chi connectivity index (χ3n) is 1.93. The van der Waals surface area contributed by atoms with Crippen LogP contribution in [-0.4, -0.2) is 13.2 Å². The van der Waals surface area contributed by atoms with Crippen LogP contribution in [0, 0.1) is 11.3 Å². The Balaban J connectivity index is 3.09. The van der Waals surface area contributed by atoms with Gasteiger partial charge in [-0.25, -0.2) is 0 Å². The van der Waals surface area contributed by atoms with Crippen molar-refractivity contribution in [1.29, 1.82) is 5.26 Å². The Morgan fingerprint density at radius 3 is 2.75 bits per heavy atom. The molecule has 5 heteroatoms. The molecule has 86 valence electrons. The maximum absolute atomic E-state index is 8.70. The molecule has 0 aliphatic carbocycles. The Hall–Kier alpha value is -0.950. The summed E-state index contributed by atoms with van der Waals surface area (Å²) in [6.07, 6.45) is -0.547. The van der Waals surface area contributed by atoms with E-state index in [9.17, 15) is 0 Å². The highest BCUT2D eigenvalue weighted by atomic mass is 35.5. The van der Waals surface area contributed by atoms with E-state index in [2.05, 4.69) is 5.32 Å². The predicted octanol–water partition coefficient (Wildman–Crippen LogP) is 3.00. The van der Waals surface area contributed by atoms with Crippen molar-refractivity contribution in [2.24, 2.45) is 0 Å². The standard InChI is InChI=1S/C11H12Cl2N2O/c1-7(5-14)16-11-8(6-15-2)3-9(12)4-10(11)13/h3-4,7,15H,6H2,1-2H3. The maximum Gasteiger partial charge on any atom is 0.181 e. The molecule has 0 aliphatic rings. The zero-order valence-corrected chi connectivity index (χ0v) is 10.6. The second kappa shape index (κ2) is 5.95. The Kier molecular flexibility index (Phi) is 4.88. The van der Waals surface area contributed by atoms with Crippen LogP contribution >= 0.6 is 23.2 Å². The zero-order chi connectivity index (χ0) is 12.1. The molecule has 0 radical (unpaired) electrons. The molecular weight excluding hydrogens is 247 g/mol. The summed E-state index contributed by atoms with van der Waals surface area (Å²) < 4.78 is 5.44. The van der Waals surface area contributed by atoms with Crippen LogP contribution in [0.15, 0.2) is 12.1 Å². The first-order valence-corrected chi connectivity index (χ1v) is 5.53. The Labute approximate surface area is 105 Å². The highest BCUT2D eigenvalue weighted by Gasteiger charge is 2.13. The first-order chi connectivity index (χ1) is 7.58. The van der Waals surface area contributed by atoms with E-state index in [0.717, 1.165) is 5.56 Å². The molecule has 0 saturated heterocycles. The second-order valence-electron chi connectivity index (χ2n) is 3.30. The molecule has 0 spiro atoms. The molecule has 0 bridgehead atoms. The van der Waals surface area contributed by atoms with E-state index in [4.69, 9.17) is 33.2 Å². The third kappa shape index (κ3) is 3.28. The van der Waals surface area contributed by atoms with E-state index in [1.165, 1.54) is 0 Å². The predicted molar refractivity (Wildman–Crippen MR) is 64.9 cm³/mol. The summed E-state index contributed by atoms with van der Waals surface area (Å²) in [7, 11) is 1.81. The van der Waals surface area contributed by atoms with Crippen molar-refractivity contribution in [3.8, 4) is 11.8 Å². The van der Waals surface area contributed by atoms with Gasteiger partial charge in [0.2, 0.25) is 0 Å². The number of ether oxygens (including phenoxy) is 1. The van der Waals surface area contributed by atoms with E-state index in [-0.39, 0.29) is 0 Å². The van der Waals surface area contributed by atoms with Crippen molar-refractivity contribution in [2.45, 2.75) is 19.6 Å². The summed E-state index contributed by atoms with van der Waals surface area (Å²) in [4.78, 5) is 0. The monoisotopic (exact) mass is 258 g/mol. The first-order valence-electron chi connectivity index (χ1n) is 4.77. The average Bonchev–Trinajstić information content (AvgIpc) is 2.23. The van der Waals surface area contributed by atoms with Gasteiger partial charge in [0.1, 0.15) is 11.8 Å². The second-order valence-corrected chi connectivity index (χ2v) is 4.14. The van der Waals surface area contributed by atoms with Crippen molar-refractivity contribution in [2.75, 3.05) is 7.05 Å². The topological polar surface area (TPSA) is 45.0 Å². The molecule has 0 heterocycles. The first kappa shape index (κ1) is 13.1. The third-order valence-corrected chi connectivity index (χ3v) is 2.43. The van der Waals surface area contributed by atoms with Crippen LogP contribution < -0.4 is 10.1 Å². The minimum absolute atomic E-state index is 0.417. The van der Waals surface area contributed by atoms with Gasteiger partial charge < -0.3 is 10.1 Å². The van der Waals surface area contributed by atoms with Crippen molar-refractivity contribution in [3.05, 3.63) is 27.7 Å². The molecule has 1 rings (SSSR count). The van der Waals surface area contributed by atoms with E-state index in [0.29, 0.717) is 22.3 Å². The number of halogens is 2. The molecule has 0 saturated carbocycles. The van der Waals surface area contributed by atoms with Gasteiger partial charge in [0.05, 0.1) is 5.02 Å². The zero-order valence-electron chi connectivity index (χ0n) is 9.05. The summed E-state index contributed by atoms with van der Waals surface area (Å²) in [5.74, 6) is 0.509. The summed E-state index contributed by atoms with van der Waals surface area (Å²) in [5, 5.41) is 12.7. The SMILES string of the molecule is CNCc1cc(Cl)cc(Cl)c1OC(C)C#N. The van der Waals surface area contributed by atoms with Crippen LogP contribution in [-0.2, 0) is 6.54 Å². The molecule has 1 atom stereocenters. The molecule has 1 aromatic rings. The average molecular weight is 259 g/mol. The molecule has 1 aromatic carbocycles. The van der Waals surface area contributed by atoms with Crippen LogP contribution in [0.1, 0.15) is 12.5 Å². The lowest BCUT2D eigenvalue weighted by Gasteiger charge is -2.14. The molecular formula is C11H12Cl2N2O. The van der Waals surface area contributed by atoms with Gasteiger partial charge in [-0.2, -0.15) is 5.26 Å². The van der Waals surface area contributed by atoms with Crippen LogP contribution in [0.5, 0.6) is 5.75 Å². The van der Waals surface area contributed by atoms with Gasteiger partial charge in [-0.1, -0.05) is 23.2 Å². The largest absolute Gasteiger partial charge is 0.474 e. The van der Waals surface area contributed by atoms with Gasteiger partial charge >= 0.3 is 0 Å². The number of hydrogen-bond donors (Lipinski definition) is 1. The number of nitrogens with zero attached hydrogens (tertiary/aromatic N) is 1. The Morgan fingerprint density at radius 2 is 2.19 bits per heavy atom. The molecule has 1 N–H and O–H groups in total. The van der Waals surface area contributed by atoms with E-state index in [1.807, 2.05) is 13.1 Å². The van der Waals surface area contributed by atoms with Crippen molar-refractivity contribution in [1.82, 2.24) is 5.32 Å². The molecule has 3 nitrogen and oxygen atoms in total. The number of rotatable bonds is 4. The smallest absolute Gasteiger partial charge is 0.181 e. The molecule has 16 heavy (non-hydrogen) atoms. The van der Waals surface area contributed by atoms with Crippen molar-refractivity contribution < 1.29 is 4.74 Å². The maximum atomic E-state index is 8.70.